The fourth-order valence-corrected chi connectivity index (χ4v) is 7.13. The van der Waals surface area contributed by atoms with Crippen molar-refractivity contribution in [1.29, 1.82) is 0 Å². The van der Waals surface area contributed by atoms with E-state index in [9.17, 15) is 19.4 Å². The van der Waals surface area contributed by atoms with E-state index in [0.717, 1.165) is 38.5 Å². The number of carbonyl (C=O) groups is 1. The quantitative estimate of drug-likeness (QED) is 0.0330. The highest BCUT2D eigenvalue weighted by molar-refractivity contribution is 7.47. The Morgan fingerprint density at radius 2 is 0.960 bits per heavy atom. The third-order valence-electron chi connectivity index (χ3n) is 9.86. The monoisotopic (exact) mass is 734 g/mol. The second kappa shape index (κ2) is 34.3. The Morgan fingerprint density at radius 1 is 0.600 bits per heavy atom. The highest BCUT2D eigenvalue weighted by Crippen LogP contribution is 2.43. The van der Waals surface area contributed by atoms with Crippen molar-refractivity contribution in [2.24, 2.45) is 0 Å². The van der Waals surface area contributed by atoms with Gasteiger partial charge in [0.05, 0.1) is 39.9 Å². The number of nitrogens with one attached hydrogen (secondary N) is 1. The molecule has 0 spiro atoms. The van der Waals surface area contributed by atoms with Crippen LogP contribution in [0, 0.1) is 0 Å². The largest absolute Gasteiger partial charge is 0.472 e. The van der Waals surface area contributed by atoms with Crippen molar-refractivity contribution in [3.05, 3.63) is 0 Å². The van der Waals surface area contributed by atoms with Gasteiger partial charge in [0.15, 0.2) is 0 Å². The van der Waals surface area contributed by atoms with Crippen LogP contribution in [-0.2, 0) is 18.4 Å². The van der Waals surface area contributed by atoms with Crippen molar-refractivity contribution >= 4 is 13.7 Å². The predicted molar refractivity (Wildman–Crippen MR) is 212 cm³/mol. The van der Waals surface area contributed by atoms with Gasteiger partial charge in [-0.15, -0.1) is 0 Å². The number of hydrogen-bond donors (Lipinski definition) is 3. The number of phosphoric acid groups is 1. The Bertz CT molecular complexity index is 794. The van der Waals surface area contributed by atoms with E-state index in [1.165, 1.54) is 141 Å². The minimum absolute atomic E-state index is 0.0783. The van der Waals surface area contributed by atoms with Crippen LogP contribution in [0.3, 0.4) is 0 Å². The van der Waals surface area contributed by atoms with Gasteiger partial charge in [0.1, 0.15) is 13.2 Å². The number of unbranched alkanes of at least 4 members (excludes halogenated alkanes) is 26. The lowest BCUT2D eigenvalue weighted by Gasteiger charge is -2.26. The Labute approximate surface area is 310 Å². The Balaban J connectivity index is 4.31. The van der Waals surface area contributed by atoms with Gasteiger partial charge in [0, 0.05) is 6.42 Å². The average Bonchev–Trinajstić information content (AvgIpc) is 3.06. The molecule has 0 aromatic carbocycles. The van der Waals surface area contributed by atoms with Gasteiger partial charge in [0.25, 0.3) is 0 Å². The van der Waals surface area contributed by atoms with E-state index in [1.807, 2.05) is 21.1 Å². The molecular weight excluding hydrogens is 647 g/mol. The molecule has 50 heavy (non-hydrogen) atoms. The lowest BCUT2D eigenvalue weighted by molar-refractivity contribution is -0.870. The zero-order valence-electron chi connectivity index (χ0n) is 33.9. The van der Waals surface area contributed by atoms with Gasteiger partial charge in [-0.3, -0.25) is 13.8 Å². The van der Waals surface area contributed by atoms with E-state index in [4.69, 9.17) is 9.05 Å². The second-order valence-corrected chi connectivity index (χ2v) is 17.5. The van der Waals surface area contributed by atoms with Gasteiger partial charge in [-0.25, -0.2) is 4.57 Å². The predicted octanol–water partition coefficient (Wildman–Crippen LogP) is 11.4. The van der Waals surface area contributed by atoms with Crippen LogP contribution in [0.2, 0.25) is 0 Å². The number of aliphatic hydroxyl groups is 1. The first-order valence-corrected chi connectivity index (χ1v) is 22.9. The van der Waals surface area contributed by atoms with Gasteiger partial charge in [-0.1, -0.05) is 187 Å². The van der Waals surface area contributed by atoms with Crippen LogP contribution in [0.1, 0.15) is 206 Å². The number of likely N-dealkylation sites (N-methyl/N-ethyl adjacent to an activating group) is 1. The van der Waals surface area contributed by atoms with Crippen LogP contribution >= 0.6 is 7.82 Å². The standard InChI is InChI=1S/C41H85N2O6P/c1-6-8-10-12-14-16-18-19-20-21-22-23-24-25-26-28-30-32-34-40(44)39(38-49-50(46,47)48-37-36-43(3,4)5)42-41(45)35-33-31-29-27-17-15-13-11-9-7-2/h39-40,44H,6-38H2,1-5H3,(H-,42,45,46,47)/p+1. The molecule has 0 aliphatic carbocycles. The molecule has 0 aromatic heterocycles. The van der Waals surface area contributed by atoms with Gasteiger partial charge < -0.3 is 19.8 Å². The third-order valence-corrected chi connectivity index (χ3v) is 10.8. The Hall–Kier alpha value is -0.500. The van der Waals surface area contributed by atoms with Crippen LogP contribution in [0.25, 0.3) is 0 Å². The number of hydrogen-bond acceptors (Lipinski definition) is 5. The van der Waals surface area contributed by atoms with E-state index >= 15 is 0 Å². The van der Waals surface area contributed by atoms with Gasteiger partial charge in [-0.2, -0.15) is 0 Å². The summed E-state index contributed by atoms with van der Waals surface area (Å²) in [5.74, 6) is -0.145. The molecule has 1 amide bonds. The first kappa shape index (κ1) is 49.5. The van der Waals surface area contributed by atoms with Crippen molar-refractivity contribution in [3.63, 3.8) is 0 Å². The number of rotatable bonds is 39. The minimum atomic E-state index is -4.30. The molecule has 0 bridgehead atoms. The van der Waals surface area contributed by atoms with Gasteiger partial charge in [0.2, 0.25) is 5.91 Å². The number of aliphatic hydroxyl groups excluding tert-OH is 1. The van der Waals surface area contributed by atoms with Crippen LogP contribution < -0.4 is 5.32 Å². The second-order valence-electron chi connectivity index (χ2n) is 16.1. The van der Waals surface area contributed by atoms with Crippen molar-refractivity contribution in [1.82, 2.24) is 5.32 Å². The van der Waals surface area contributed by atoms with E-state index < -0.39 is 20.0 Å². The summed E-state index contributed by atoms with van der Waals surface area (Å²) in [7, 11) is 1.63. The number of nitrogens with zero attached hydrogens (tertiary/aromatic N) is 1. The highest BCUT2D eigenvalue weighted by atomic mass is 31.2. The molecule has 0 aliphatic heterocycles. The number of quaternary nitrogens is 1. The maximum Gasteiger partial charge on any atom is 0.472 e. The minimum Gasteiger partial charge on any atom is -0.391 e. The van der Waals surface area contributed by atoms with E-state index in [0.29, 0.717) is 23.9 Å². The molecule has 0 saturated heterocycles. The maximum atomic E-state index is 12.8. The van der Waals surface area contributed by atoms with Crippen LogP contribution in [0.15, 0.2) is 0 Å². The summed E-state index contributed by atoms with van der Waals surface area (Å²) in [6.07, 6.45) is 35.5. The first-order valence-electron chi connectivity index (χ1n) is 21.4. The molecule has 0 heterocycles. The molecule has 3 atom stereocenters. The molecule has 3 N–H and O–H groups in total. The molecule has 0 saturated carbocycles. The summed E-state index contributed by atoms with van der Waals surface area (Å²) >= 11 is 0. The van der Waals surface area contributed by atoms with Crippen molar-refractivity contribution < 1.29 is 32.9 Å². The van der Waals surface area contributed by atoms with Crippen LogP contribution in [-0.4, -0.2) is 73.4 Å². The van der Waals surface area contributed by atoms with E-state index in [-0.39, 0.29) is 19.1 Å². The van der Waals surface area contributed by atoms with Crippen molar-refractivity contribution in [2.45, 2.75) is 219 Å². The molecule has 0 rings (SSSR count). The smallest absolute Gasteiger partial charge is 0.391 e. The van der Waals surface area contributed by atoms with Gasteiger partial charge >= 0.3 is 7.82 Å². The maximum absolute atomic E-state index is 12.8. The summed E-state index contributed by atoms with van der Waals surface area (Å²) in [5, 5.41) is 13.9. The zero-order chi connectivity index (χ0) is 37.2. The third kappa shape index (κ3) is 35.9. The van der Waals surface area contributed by atoms with Crippen LogP contribution in [0.5, 0.6) is 0 Å². The normalized spacial score (nSPS) is 14.5. The van der Waals surface area contributed by atoms with E-state index in [1.54, 1.807) is 0 Å². The van der Waals surface area contributed by atoms with Crippen LogP contribution in [0.4, 0.5) is 0 Å². The molecule has 0 aliphatic rings. The summed E-state index contributed by atoms with van der Waals surface area (Å²) in [4.78, 5) is 23.0. The van der Waals surface area contributed by atoms with Crippen molar-refractivity contribution in [3.8, 4) is 0 Å². The molecule has 0 radical (unpaired) electrons. The molecule has 8 nitrogen and oxygen atoms in total. The highest BCUT2D eigenvalue weighted by Gasteiger charge is 2.28. The number of carbonyl (C=O) groups excluding carboxylic acids is 1. The summed E-state index contributed by atoms with van der Waals surface area (Å²) in [6, 6.07) is -0.751. The summed E-state index contributed by atoms with van der Waals surface area (Å²) in [6.45, 7) is 4.88. The summed E-state index contributed by atoms with van der Waals surface area (Å²) in [5.41, 5.74) is 0. The molecule has 3 unspecified atom stereocenters. The summed E-state index contributed by atoms with van der Waals surface area (Å²) < 4.78 is 23.6. The molecule has 300 valence electrons. The molecule has 0 aromatic rings. The molecular formula is C41H86N2O6P+. The zero-order valence-corrected chi connectivity index (χ0v) is 34.8. The Morgan fingerprint density at radius 3 is 1.34 bits per heavy atom. The Kier molecular flexibility index (Phi) is 33.9. The lowest BCUT2D eigenvalue weighted by atomic mass is 10.0. The fourth-order valence-electron chi connectivity index (χ4n) is 6.40. The average molecular weight is 734 g/mol. The first-order chi connectivity index (χ1) is 24.0. The SMILES string of the molecule is CCCCCCCCCCCCCCCCCCCCC(O)C(COP(=O)(O)OCC[N+](C)(C)C)NC(=O)CCCCCCCCCCCC. The topological polar surface area (TPSA) is 105 Å². The van der Waals surface area contributed by atoms with Gasteiger partial charge in [-0.05, 0) is 12.8 Å². The van der Waals surface area contributed by atoms with E-state index in [2.05, 4.69) is 19.2 Å². The fraction of sp³-hybridized carbons (Fsp3) is 0.976. The molecule has 9 heteroatoms. The number of amides is 1. The lowest BCUT2D eigenvalue weighted by Crippen LogP contribution is -2.46. The number of phosphoric ester groups is 1. The molecule has 0 fully saturated rings. The van der Waals surface area contributed by atoms with Crippen molar-refractivity contribution in [2.75, 3.05) is 40.9 Å².